The fourth-order valence-electron chi connectivity index (χ4n) is 2.45. The van der Waals surface area contributed by atoms with E-state index in [9.17, 15) is 0 Å². The number of nitrogens with zero attached hydrogens (tertiary/aromatic N) is 1. The van der Waals surface area contributed by atoms with Crippen LogP contribution in [0.15, 0.2) is 57.7 Å². The topological polar surface area (TPSA) is 38.1 Å². The molecule has 1 atom stereocenters. The second-order valence-electron chi connectivity index (χ2n) is 5.06. The maximum absolute atomic E-state index is 5.56. The van der Waals surface area contributed by atoms with Gasteiger partial charge in [-0.05, 0) is 59.6 Å². The van der Waals surface area contributed by atoms with E-state index in [2.05, 4.69) is 57.4 Å². The van der Waals surface area contributed by atoms with Crippen LogP contribution >= 0.6 is 15.9 Å². The Labute approximate surface area is 132 Å². The van der Waals surface area contributed by atoms with E-state index in [-0.39, 0.29) is 6.04 Å². The van der Waals surface area contributed by atoms with Crippen LogP contribution in [0.2, 0.25) is 0 Å². The van der Waals surface area contributed by atoms with Crippen LogP contribution in [0.25, 0.3) is 10.9 Å². The van der Waals surface area contributed by atoms with Crippen LogP contribution in [0.5, 0.6) is 0 Å². The minimum absolute atomic E-state index is 0.194. The Morgan fingerprint density at radius 3 is 2.86 bits per heavy atom. The molecule has 3 nitrogen and oxygen atoms in total. The highest BCUT2D eigenvalue weighted by Gasteiger charge is 2.09. The van der Waals surface area contributed by atoms with E-state index < -0.39 is 0 Å². The molecule has 3 aromatic rings. The molecule has 21 heavy (non-hydrogen) atoms. The summed E-state index contributed by atoms with van der Waals surface area (Å²) in [4.78, 5) is 4.49. The van der Waals surface area contributed by atoms with Gasteiger partial charge < -0.3 is 9.73 Å². The van der Waals surface area contributed by atoms with Gasteiger partial charge in [-0.15, -0.1) is 0 Å². The summed E-state index contributed by atoms with van der Waals surface area (Å²) in [6.45, 7) is 2.99. The zero-order valence-electron chi connectivity index (χ0n) is 11.8. The van der Waals surface area contributed by atoms with E-state index in [0.717, 1.165) is 28.9 Å². The fourth-order valence-corrected chi connectivity index (χ4v) is 2.77. The Morgan fingerprint density at radius 1 is 1.19 bits per heavy atom. The highest BCUT2D eigenvalue weighted by molar-refractivity contribution is 9.10. The first-order chi connectivity index (χ1) is 10.2. The quantitative estimate of drug-likeness (QED) is 0.741. The Balaban J connectivity index is 1.64. The second-order valence-corrected chi connectivity index (χ2v) is 5.84. The normalized spacial score (nSPS) is 12.7. The number of para-hydroxylation sites is 1. The molecule has 0 spiro atoms. The highest BCUT2D eigenvalue weighted by atomic mass is 79.9. The first-order valence-corrected chi connectivity index (χ1v) is 7.84. The number of hydrogen-bond donors (Lipinski definition) is 1. The van der Waals surface area contributed by atoms with Crippen LogP contribution < -0.4 is 5.32 Å². The van der Waals surface area contributed by atoms with Gasteiger partial charge in [0.2, 0.25) is 0 Å². The average molecular weight is 345 g/mol. The molecule has 2 heterocycles. The van der Waals surface area contributed by atoms with E-state index in [0.29, 0.717) is 0 Å². The largest absolute Gasteiger partial charge is 0.453 e. The molecule has 0 radical (unpaired) electrons. The van der Waals surface area contributed by atoms with Crippen molar-refractivity contribution >= 4 is 26.8 Å². The number of aromatic nitrogens is 1. The second kappa shape index (κ2) is 6.41. The Hall–Kier alpha value is -1.65. The monoisotopic (exact) mass is 344 g/mol. The van der Waals surface area contributed by atoms with Crippen molar-refractivity contribution in [3.63, 3.8) is 0 Å². The van der Waals surface area contributed by atoms with E-state index in [1.807, 2.05) is 24.4 Å². The van der Waals surface area contributed by atoms with Gasteiger partial charge in [-0.25, -0.2) is 0 Å². The van der Waals surface area contributed by atoms with Crippen molar-refractivity contribution in [2.75, 3.05) is 6.54 Å². The molecule has 2 aromatic heterocycles. The highest BCUT2D eigenvalue weighted by Crippen LogP contribution is 2.20. The third-order valence-corrected chi connectivity index (χ3v) is 4.01. The number of fused-ring (bicyclic) bond motifs is 1. The van der Waals surface area contributed by atoms with Gasteiger partial charge in [0.25, 0.3) is 0 Å². The first-order valence-electron chi connectivity index (χ1n) is 7.05. The number of benzene rings is 1. The van der Waals surface area contributed by atoms with Crippen LogP contribution in [0.4, 0.5) is 0 Å². The van der Waals surface area contributed by atoms with Crippen LogP contribution in [0, 0.1) is 0 Å². The SMILES string of the molecule is CC(NCCc1cccc2cccnc12)c1ccc(Br)o1. The molecule has 0 amide bonds. The summed E-state index contributed by atoms with van der Waals surface area (Å²) in [6, 6.07) is 14.5. The molecule has 0 aliphatic heterocycles. The minimum atomic E-state index is 0.194. The van der Waals surface area contributed by atoms with Crippen molar-refractivity contribution in [2.45, 2.75) is 19.4 Å². The Kier molecular flexibility index (Phi) is 4.36. The van der Waals surface area contributed by atoms with Crippen LogP contribution in [0.1, 0.15) is 24.3 Å². The van der Waals surface area contributed by atoms with Crippen molar-refractivity contribution in [1.82, 2.24) is 10.3 Å². The number of hydrogen-bond acceptors (Lipinski definition) is 3. The average Bonchev–Trinajstić information content (AvgIpc) is 2.94. The van der Waals surface area contributed by atoms with Gasteiger partial charge >= 0.3 is 0 Å². The molecule has 3 rings (SSSR count). The number of pyridine rings is 1. The van der Waals surface area contributed by atoms with E-state index in [1.54, 1.807) is 0 Å². The predicted molar refractivity (Wildman–Crippen MR) is 88.3 cm³/mol. The van der Waals surface area contributed by atoms with Gasteiger partial charge in [0, 0.05) is 11.6 Å². The fraction of sp³-hybridized carbons (Fsp3) is 0.235. The smallest absolute Gasteiger partial charge is 0.169 e. The molecular formula is C17H17BrN2O. The van der Waals surface area contributed by atoms with Crippen LogP contribution in [-0.4, -0.2) is 11.5 Å². The van der Waals surface area contributed by atoms with Crippen molar-refractivity contribution in [1.29, 1.82) is 0 Å². The molecule has 1 aromatic carbocycles. The van der Waals surface area contributed by atoms with Crippen molar-refractivity contribution in [3.05, 3.63) is 64.7 Å². The number of rotatable bonds is 5. The number of halogens is 1. The molecule has 1 N–H and O–H groups in total. The van der Waals surface area contributed by atoms with E-state index >= 15 is 0 Å². The molecular weight excluding hydrogens is 328 g/mol. The maximum Gasteiger partial charge on any atom is 0.169 e. The molecule has 0 aliphatic rings. The lowest BCUT2D eigenvalue weighted by Crippen LogP contribution is -2.21. The summed E-state index contributed by atoms with van der Waals surface area (Å²) in [5, 5.41) is 4.68. The summed E-state index contributed by atoms with van der Waals surface area (Å²) in [6.07, 6.45) is 2.79. The Bertz CT molecular complexity index is 733. The molecule has 108 valence electrons. The minimum Gasteiger partial charge on any atom is -0.453 e. The number of furan rings is 1. The molecule has 0 fully saturated rings. The van der Waals surface area contributed by atoms with Gasteiger partial charge in [0.05, 0.1) is 11.6 Å². The van der Waals surface area contributed by atoms with Crippen LogP contribution in [0.3, 0.4) is 0 Å². The maximum atomic E-state index is 5.56. The molecule has 1 unspecified atom stereocenters. The zero-order valence-corrected chi connectivity index (χ0v) is 13.4. The third kappa shape index (κ3) is 3.34. The molecule has 0 bridgehead atoms. The van der Waals surface area contributed by atoms with Crippen molar-refractivity contribution in [3.8, 4) is 0 Å². The summed E-state index contributed by atoms with van der Waals surface area (Å²) in [5.41, 5.74) is 2.36. The van der Waals surface area contributed by atoms with Gasteiger partial charge in [0.15, 0.2) is 4.67 Å². The van der Waals surface area contributed by atoms with Crippen molar-refractivity contribution in [2.24, 2.45) is 0 Å². The van der Waals surface area contributed by atoms with Gasteiger partial charge in [-0.3, -0.25) is 4.98 Å². The molecule has 0 saturated heterocycles. The summed E-state index contributed by atoms with van der Waals surface area (Å²) in [5.74, 6) is 0.943. The molecule has 0 saturated carbocycles. The number of nitrogens with one attached hydrogen (secondary N) is 1. The zero-order chi connectivity index (χ0) is 14.7. The first kappa shape index (κ1) is 14.3. The van der Waals surface area contributed by atoms with E-state index in [4.69, 9.17) is 4.42 Å². The van der Waals surface area contributed by atoms with Gasteiger partial charge in [-0.1, -0.05) is 24.3 Å². The van der Waals surface area contributed by atoms with Crippen molar-refractivity contribution < 1.29 is 4.42 Å². The molecule has 4 heteroatoms. The lowest BCUT2D eigenvalue weighted by atomic mass is 10.1. The Morgan fingerprint density at radius 2 is 2.05 bits per heavy atom. The predicted octanol–water partition coefficient (Wildman–Crippen LogP) is 4.48. The molecule has 0 aliphatic carbocycles. The van der Waals surface area contributed by atoms with E-state index in [1.165, 1.54) is 10.9 Å². The lowest BCUT2D eigenvalue weighted by Gasteiger charge is -2.12. The standard InChI is InChI=1S/C17H17BrN2O/c1-12(15-7-8-16(18)21-15)19-11-9-14-5-2-4-13-6-3-10-20-17(13)14/h2-8,10,12,19H,9,11H2,1H3. The van der Waals surface area contributed by atoms with Gasteiger partial charge in [-0.2, -0.15) is 0 Å². The third-order valence-electron chi connectivity index (χ3n) is 3.58. The summed E-state index contributed by atoms with van der Waals surface area (Å²) >= 11 is 3.33. The lowest BCUT2D eigenvalue weighted by molar-refractivity contribution is 0.420. The summed E-state index contributed by atoms with van der Waals surface area (Å²) in [7, 11) is 0. The summed E-state index contributed by atoms with van der Waals surface area (Å²) < 4.78 is 6.33. The van der Waals surface area contributed by atoms with Gasteiger partial charge in [0.1, 0.15) is 5.76 Å². The van der Waals surface area contributed by atoms with Crippen LogP contribution in [-0.2, 0) is 6.42 Å².